The number of nitrogens with zero attached hydrogens (tertiary/aromatic N) is 1. The second-order valence-corrected chi connectivity index (χ2v) is 6.74. The van der Waals surface area contributed by atoms with Crippen LogP contribution in [-0.2, 0) is 9.59 Å². The van der Waals surface area contributed by atoms with Gasteiger partial charge in [-0.25, -0.2) is 0 Å². The molecule has 0 heterocycles. The predicted molar refractivity (Wildman–Crippen MR) is 119 cm³/mol. The van der Waals surface area contributed by atoms with Crippen LogP contribution < -0.4 is 20.9 Å². The molecular formula is C23H20N4O6. The second-order valence-electron chi connectivity index (χ2n) is 6.74. The number of nitro groups is 1. The zero-order chi connectivity index (χ0) is 23.6. The fourth-order valence-corrected chi connectivity index (χ4v) is 2.84. The zero-order valence-electron chi connectivity index (χ0n) is 17.3. The number of para-hydroxylation sites is 1. The number of nitrogens with one attached hydrogen (secondary N) is 3. The third-order valence-electron chi connectivity index (χ3n) is 4.40. The van der Waals surface area contributed by atoms with Crippen molar-refractivity contribution in [3.63, 3.8) is 0 Å². The molecule has 3 aromatic carbocycles. The van der Waals surface area contributed by atoms with Gasteiger partial charge in [-0.1, -0.05) is 54.6 Å². The number of carbonyl (C=O) groups excluding carboxylic acids is 3. The highest BCUT2D eigenvalue weighted by Crippen LogP contribution is 2.29. The monoisotopic (exact) mass is 448 g/mol. The maximum absolute atomic E-state index is 12.0. The van der Waals surface area contributed by atoms with Crippen molar-refractivity contribution in [1.29, 1.82) is 0 Å². The third kappa shape index (κ3) is 6.62. The minimum absolute atomic E-state index is 0.0338. The first-order valence-corrected chi connectivity index (χ1v) is 9.81. The van der Waals surface area contributed by atoms with Crippen molar-refractivity contribution in [2.45, 2.75) is 0 Å². The van der Waals surface area contributed by atoms with Crippen LogP contribution in [0.5, 0.6) is 5.75 Å². The number of hydrogen-bond donors (Lipinski definition) is 3. The Bertz CT molecular complexity index is 1170. The van der Waals surface area contributed by atoms with Gasteiger partial charge in [0.1, 0.15) is 5.75 Å². The number of hydrazine groups is 1. The van der Waals surface area contributed by atoms with Crippen LogP contribution in [0.25, 0.3) is 11.1 Å². The van der Waals surface area contributed by atoms with Gasteiger partial charge in [0.05, 0.1) is 11.5 Å². The van der Waals surface area contributed by atoms with E-state index in [1.807, 2.05) is 42.5 Å². The molecule has 0 radical (unpaired) electrons. The molecule has 3 aromatic rings. The molecule has 0 fully saturated rings. The molecule has 0 saturated heterocycles. The van der Waals surface area contributed by atoms with Gasteiger partial charge >= 0.3 is 0 Å². The molecule has 3 rings (SSSR count). The summed E-state index contributed by atoms with van der Waals surface area (Å²) in [6, 6.07) is 21.9. The Morgan fingerprint density at radius 1 is 0.848 bits per heavy atom. The van der Waals surface area contributed by atoms with E-state index in [-0.39, 0.29) is 17.9 Å². The largest absolute Gasteiger partial charge is 0.483 e. The Morgan fingerprint density at radius 2 is 1.55 bits per heavy atom. The van der Waals surface area contributed by atoms with Gasteiger partial charge in [-0.3, -0.25) is 35.3 Å². The number of carbonyl (C=O) groups is 3. The van der Waals surface area contributed by atoms with Crippen LogP contribution >= 0.6 is 0 Å². The lowest BCUT2D eigenvalue weighted by molar-refractivity contribution is -0.384. The predicted octanol–water partition coefficient (Wildman–Crippen LogP) is 2.22. The maximum atomic E-state index is 12.0. The van der Waals surface area contributed by atoms with Gasteiger partial charge in [-0.15, -0.1) is 0 Å². The van der Waals surface area contributed by atoms with Crippen molar-refractivity contribution in [2.24, 2.45) is 0 Å². The normalized spacial score (nSPS) is 10.1. The molecule has 3 amide bonds. The summed E-state index contributed by atoms with van der Waals surface area (Å²) >= 11 is 0. The molecule has 0 atom stereocenters. The fraction of sp³-hybridized carbons (Fsp3) is 0.0870. The van der Waals surface area contributed by atoms with Crippen molar-refractivity contribution in [3.8, 4) is 16.9 Å². The summed E-state index contributed by atoms with van der Waals surface area (Å²) in [5, 5.41) is 13.1. The highest BCUT2D eigenvalue weighted by molar-refractivity contribution is 5.97. The number of benzene rings is 3. The molecule has 0 aromatic heterocycles. The molecule has 0 bridgehead atoms. The van der Waals surface area contributed by atoms with Crippen molar-refractivity contribution < 1.29 is 24.0 Å². The molecule has 33 heavy (non-hydrogen) atoms. The Morgan fingerprint density at radius 3 is 2.30 bits per heavy atom. The summed E-state index contributed by atoms with van der Waals surface area (Å²) in [5.74, 6) is -1.45. The molecule has 0 unspecified atom stereocenters. The van der Waals surface area contributed by atoms with Crippen LogP contribution in [0.3, 0.4) is 0 Å². The number of hydrogen-bond acceptors (Lipinski definition) is 6. The second kappa shape index (κ2) is 11.0. The van der Waals surface area contributed by atoms with E-state index in [9.17, 15) is 24.5 Å². The van der Waals surface area contributed by atoms with Crippen LogP contribution in [-0.4, -0.2) is 35.8 Å². The molecular weight excluding hydrogens is 428 g/mol. The van der Waals surface area contributed by atoms with Gasteiger partial charge in [-0.05, 0) is 17.7 Å². The Labute approximate surface area is 188 Å². The molecule has 168 valence electrons. The van der Waals surface area contributed by atoms with E-state index in [0.29, 0.717) is 5.75 Å². The first kappa shape index (κ1) is 22.9. The number of ether oxygens (including phenoxy) is 1. The molecule has 3 N–H and O–H groups in total. The molecule has 0 aliphatic rings. The van der Waals surface area contributed by atoms with Crippen molar-refractivity contribution in [1.82, 2.24) is 16.2 Å². The number of non-ortho nitro benzene ring substituents is 1. The molecule has 10 nitrogen and oxygen atoms in total. The number of rotatable bonds is 8. The summed E-state index contributed by atoms with van der Waals surface area (Å²) in [4.78, 5) is 46.1. The quantitative estimate of drug-likeness (QED) is 0.357. The van der Waals surface area contributed by atoms with Gasteiger partial charge in [0, 0.05) is 23.3 Å². The van der Waals surface area contributed by atoms with Crippen molar-refractivity contribution in [3.05, 3.63) is 94.5 Å². The van der Waals surface area contributed by atoms with Gasteiger partial charge in [-0.2, -0.15) is 0 Å². The lowest BCUT2D eigenvalue weighted by Gasteiger charge is -2.12. The third-order valence-corrected chi connectivity index (χ3v) is 4.40. The van der Waals surface area contributed by atoms with E-state index in [1.54, 1.807) is 12.1 Å². The van der Waals surface area contributed by atoms with Crippen molar-refractivity contribution in [2.75, 3.05) is 13.2 Å². The van der Waals surface area contributed by atoms with E-state index in [0.717, 1.165) is 17.2 Å². The topological polar surface area (TPSA) is 140 Å². The Kier molecular flexibility index (Phi) is 7.68. The summed E-state index contributed by atoms with van der Waals surface area (Å²) in [5.41, 5.74) is 5.90. The minimum Gasteiger partial charge on any atom is -0.483 e. The summed E-state index contributed by atoms with van der Waals surface area (Å²) in [6.07, 6.45) is 0. The first-order chi connectivity index (χ1) is 15.9. The maximum Gasteiger partial charge on any atom is 0.276 e. The van der Waals surface area contributed by atoms with Crippen LogP contribution in [0.4, 0.5) is 5.69 Å². The van der Waals surface area contributed by atoms with Gasteiger partial charge in [0.25, 0.3) is 23.4 Å². The van der Waals surface area contributed by atoms with Crippen molar-refractivity contribution >= 4 is 23.4 Å². The van der Waals surface area contributed by atoms with E-state index in [2.05, 4.69) is 16.2 Å². The zero-order valence-corrected chi connectivity index (χ0v) is 17.3. The van der Waals surface area contributed by atoms with Crippen LogP contribution in [0.2, 0.25) is 0 Å². The van der Waals surface area contributed by atoms with E-state index < -0.39 is 29.2 Å². The number of amides is 3. The molecule has 0 aliphatic carbocycles. The highest BCUT2D eigenvalue weighted by Gasteiger charge is 2.13. The van der Waals surface area contributed by atoms with Crippen LogP contribution in [0.1, 0.15) is 10.4 Å². The van der Waals surface area contributed by atoms with Gasteiger partial charge < -0.3 is 10.1 Å². The standard InChI is InChI=1S/C23H20N4O6/c28-21(14-24-23(30)17-9-6-10-18(13-17)27(31)32)25-26-22(29)15-33-20-12-5-4-11-19(20)16-7-2-1-3-8-16/h1-13H,14-15H2,(H,24,30)(H,25,28)(H,26,29). The summed E-state index contributed by atoms with van der Waals surface area (Å²) in [7, 11) is 0. The smallest absolute Gasteiger partial charge is 0.276 e. The molecule has 0 spiro atoms. The highest BCUT2D eigenvalue weighted by atomic mass is 16.6. The minimum atomic E-state index is -0.688. The van der Waals surface area contributed by atoms with E-state index in [1.165, 1.54) is 18.2 Å². The lowest BCUT2D eigenvalue weighted by Crippen LogP contribution is -2.47. The number of nitro benzene ring substituents is 1. The Balaban J connectivity index is 1.44. The summed E-state index contributed by atoms with van der Waals surface area (Å²) < 4.78 is 5.58. The van der Waals surface area contributed by atoms with Crippen LogP contribution in [0.15, 0.2) is 78.9 Å². The van der Waals surface area contributed by atoms with E-state index in [4.69, 9.17) is 4.74 Å². The SMILES string of the molecule is O=C(CNC(=O)c1cccc([N+](=O)[O-])c1)NNC(=O)COc1ccccc1-c1ccccc1. The summed E-state index contributed by atoms with van der Waals surface area (Å²) in [6.45, 7) is -0.788. The molecule has 10 heteroatoms. The molecule has 0 aliphatic heterocycles. The molecule has 0 saturated carbocycles. The fourth-order valence-electron chi connectivity index (χ4n) is 2.84. The van der Waals surface area contributed by atoms with E-state index >= 15 is 0 Å². The van der Waals surface area contributed by atoms with Gasteiger partial charge in [0.2, 0.25) is 0 Å². The Hall–Kier alpha value is -4.73. The average Bonchev–Trinajstić information content (AvgIpc) is 2.85. The first-order valence-electron chi connectivity index (χ1n) is 9.81. The van der Waals surface area contributed by atoms with Crippen LogP contribution in [0, 0.1) is 10.1 Å². The van der Waals surface area contributed by atoms with Gasteiger partial charge in [0.15, 0.2) is 6.61 Å². The lowest BCUT2D eigenvalue weighted by atomic mass is 10.1. The average molecular weight is 448 g/mol.